The number of allylic oxidation sites excluding steroid dienone is 4. The van der Waals surface area contributed by atoms with Gasteiger partial charge < -0.3 is 0 Å². The lowest BCUT2D eigenvalue weighted by Crippen LogP contribution is -1.99. The van der Waals surface area contributed by atoms with E-state index in [1.54, 1.807) is 0 Å². The van der Waals surface area contributed by atoms with E-state index in [1.807, 2.05) is 18.2 Å². The zero-order chi connectivity index (χ0) is 15.1. The maximum atomic E-state index is 12.0. The van der Waals surface area contributed by atoms with Crippen molar-refractivity contribution >= 4 is 11.5 Å². The third-order valence-electron chi connectivity index (χ3n) is 3.21. The summed E-state index contributed by atoms with van der Waals surface area (Å²) in [5.41, 5.74) is 7.56. The minimum Gasteiger partial charge on any atom is -0.294 e. The van der Waals surface area contributed by atoms with Crippen LogP contribution in [0.1, 0.15) is 36.0 Å². The van der Waals surface area contributed by atoms with Gasteiger partial charge in [0.25, 0.3) is 5.69 Å². The van der Waals surface area contributed by atoms with E-state index in [9.17, 15) is 14.9 Å². The Kier molecular flexibility index (Phi) is 5.05. The van der Waals surface area contributed by atoms with Crippen LogP contribution >= 0.6 is 0 Å². The van der Waals surface area contributed by atoms with E-state index in [-0.39, 0.29) is 11.5 Å². The molecule has 0 unspecified atom stereocenters. The first-order chi connectivity index (χ1) is 10.2. The fourth-order valence-electron chi connectivity index (χ4n) is 2.05. The monoisotopic (exact) mass is 281 g/mol. The lowest BCUT2D eigenvalue weighted by Gasteiger charge is -2.02. The Hall–Kier alpha value is -2.67. The number of carbonyl (C=O) groups is 1. The van der Waals surface area contributed by atoms with E-state index in [0.29, 0.717) is 12.0 Å². The van der Waals surface area contributed by atoms with E-state index >= 15 is 0 Å². The van der Waals surface area contributed by atoms with Crippen molar-refractivity contribution in [3.8, 4) is 0 Å². The number of carbonyl (C=O) groups excluding carboxylic acids is 1. The van der Waals surface area contributed by atoms with Crippen molar-refractivity contribution in [3.05, 3.63) is 75.2 Å². The average molecular weight is 281 g/mol. The second kappa shape index (κ2) is 7.20. The third kappa shape index (κ3) is 4.43. The minimum absolute atomic E-state index is 0.00224. The van der Waals surface area contributed by atoms with E-state index in [1.165, 1.54) is 24.3 Å². The predicted octanol–water partition coefficient (Wildman–Crippen LogP) is 4.14. The highest BCUT2D eigenvalue weighted by Crippen LogP contribution is 2.16. The maximum Gasteiger partial charge on any atom is 0.269 e. The molecule has 1 aromatic carbocycles. The van der Waals surface area contributed by atoms with E-state index in [2.05, 4.69) is 11.5 Å². The Morgan fingerprint density at radius 3 is 2.57 bits per heavy atom. The SMILES string of the molecule is O=C(CCCCC1=C=C=CC=C1)c1ccc([N+](=O)[O-])cc1. The predicted molar refractivity (Wildman–Crippen MR) is 80.1 cm³/mol. The summed E-state index contributed by atoms with van der Waals surface area (Å²) in [6.45, 7) is 0. The van der Waals surface area contributed by atoms with Gasteiger partial charge in [-0.25, -0.2) is 0 Å². The number of unbranched alkanes of at least 4 members (excludes halogenated alkanes) is 1. The number of Topliss-reactive ketones (excluding diaryl/α,β-unsaturated/α-hetero) is 1. The van der Waals surface area contributed by atoms with Crippen molar-refractivity contribution in [2.75, 3.05) is 0 Å². The molecule has 0 N–H and O–H groups in total. The van der Waals surface area contributed by atoms with Gasteiger partial charge in [0.2, 0.25) is 0 Å². The van der Waals surface area contributed by atoms with Crippen LogP contribution in [0.4, 0.5) is 5.69 Å². The van der Waals surface area contributed by atoms with Crippen LogP contribution in [0, 0.1) is 10.1 Å². The van der Waals surface area contributed by atoms with Crippen molar-refractivity contribution in [1.82, 2.24) is 0 Å². The van der Waals surface area contributed by atoms with E-state index in [0.717, 1.165) is 24.8 Å². The largest absolute Gasteiger partial charge is 0.294 e. The molecular formula is C17H15NO3. The lowest BCUT2D eigenvalue weighted by atomic mass is 10.0. The molecule has 0 heterocycles. The van der Waals surface area contributed by atoms with Crippen LogP contribution < -0.4 is 0 Å². The van der Waals surface area contributed by atoms with Crippen LogP contribution in [0.2, 0.25) is 0 Å². The minimum atomic E-state index is -0.471. The topological polar surface area (TPSA) is 60.2 Å². The smallest absolute Gasteiger partial charge is 0.269 e. The molecular weight excluding hydrogens is 266 g/mol. The molecule has 0 bridgehead atoms. The van der Waals surface area contributed by atoms with Crippen LogP contribution in [0.25, 0.3) is 0 Å². The van der Waals surface area contributed by atoms with Gasteiger partial charge in [-0.3, -0.25) is 14.9 Å². The second-order valence-electron chi connectivity index (χ2n) is 4.75. The van der Waals surface area contributed by atoms with Gasteiger partial charge in [0.15, 0.2) is 5.78 Å². The molecule has 0 radical (unpaired) electrons. The first-order valence-electron chi connectivity index (χ1n) is 6.82. The van der Waals surface area contributed by atoms with Gasteiger partial charge >= 0.3 is 0 Å². The van der Waals surface area contributed by atoms with Crippen LogP contribution in [0.5, 0.6) is 0 Å². The number of benzene rings is 1. The highest BCUT2D eigenvalue weighted by Gasteiger charge is 2.09. The van der Waals surface area contributed by atoms with E-state index < -0.39 is 4.92 Å². The number of nitro benzene ring substituents is 1. The maximum absolute atomic E-state index is 12.0. The Morgan fingerprint density at radius 2 is 1.95 bits per heavy atom. The number of non-ortho nitro benzene ring substituents is 1. The zero-order valence-electron chi connectivity index (χ0n) is 11.5. The number of hydrogen-bond acceptors (Lipinski definition) is 3. The van der Waals surface area contributed by atoms with Gasteiger partial charge in [-0.2, -0.15) is 0 Å². The quantitative estimate of drug-likeness (QED) is 0.248. The van der Waals surface area contributed by atoms with Crippen LogP contribution in [0.15, 0.2) is 59.5 Å². The standard InChI is InChI=1S/C17H15NO3/c19-17(15-10-12-16(13-11-15)18(20)21)9-5-4-8-14-6-2-1-3-7-14/h1-2,6,10-13H,4-5,8-9H2. The van der Waals surface area contributed by atoms with Crippen molar-refractivity contribution in [1.29, 1.82) is 0 Å². The Balaban J connectivity index is 1.79. The van der Waals surface area contributed by atoms with Crippen LogP contribution in [-0.2, 0) is 0 Å². The lowest BCUT2D eigenvalue weighted by molar-refractivity contribution is -0.384. The van der Waals surface area contributed by atoms with Crippen LogP contribution in [0.3, 0.4) is 0 Å². The highest BCUT2D eigenvalue weighted by atomic mass is 16.6. The second-order valence-corrected chi connectivity index (χ2v) is 4.75. The molecule has 21 heavy (non-hydrogen) atoms. The number of nitro groups is 1. The Morgan fingerprint density at radius 1 is 1.19 bits per heavy atom. The molecule has 4 heteroatoms. The van der Waals surface area contributed by atoms with Gasteiger partial charge in [-0.05, 0) is 37.5 Å². The molecule has 4 nitrogen and oxygen atoms in total. The Bertz CT molecular complexity index is 670. The van der Waals surface area contributed by atoms with Crippen molar-refractivity contribution in [2.24, 2.45) is 0 Å². The van der Waals surface area contributed by atoms with Crippen molar-refractivity contribution in [3.63, 3.8) is 0 Å². The third-order valence-corrected chi connectivity index (χ3v) is 3.21. The summed E-state index contributed by atoms with van der Waals surface area (Å²) >= 11 is 0. The first kappa shape index (κ1) is 14.7. The van der Waals surface area contributed by atoms with E-state index in [4.69, 9.17) is 0 Å². The van der Waals surface area contributed by atoms with Gasteiger partial charge in [0.1, 0.15) is 0 Å². The van der Waals surface area contributed by atoms with Crippen molar-refractivity contribution < 1.29 is 9.72 Å². The molecule has 1 aliphatic carbocycles. The molecule has 1 aromatic rings. The molecule has 0 aliphatic heterocycles. The molecule has 0 saturated heterocycles. The molecule has 106 valence electrons. The fraction of sp³-hybridized carbons (Fsp3) is 0.235. The van der Waals surface area contributed by atoms with Gasteiger partial charge in [-0.15, -0.1) is 0 Å². The molecule has 0 saturated carbocycles. The molecule has 0 atom stereocenters. The molecule has 0 aromatic heterocycles. The summed E-state index contributed by atoms with van der Waals surface area (Å²) in [5, 5.41) is 10.5. The number of ketones is 1. The average Bonchev–Trinajstić information content (AvgIpc) is 2.52. The molecule has 0 spiro atoms. The molecule has 2 rings (SSSR count). The highest BCUT2D eigenvalue weighted by molar-refractivity contribution is 5.96. The molecule has 1 aliphatic rings. The molecule has 0 fully saturated rings. The normalized spacial score (nSPS) is 12.3. The van der Waals surface area contributed by atoms with Crippen LogP contribution in [-0.4, -0.2) is 10.7 Å². The number of rotatable bonds is 7. The number of hydrogen-bond donors (Lipinski definition) is 0. The first-order valence-corrected chi connectivity index (χ1v) is 6.82. The Labute approximate surface area is 122 Å². The zero-order valence-corrected chi connectivity index (χ0v) is 11.5. The summed E-state index contributed by atoms with van der Waals surface area (Å²) in [4.78, 5) is 22.0. The summed E-state index contributed by atoms with van der Waals surface area (Å²) in [5.74, 6) is 0.0218. The fourth-order valence-corrected chi connectivity index (χ4v) is 2.05. The van der Waals surface area contributed by atoms with Crippen molar-refractivity contribution in [2.45, 2.75) is 25.7 Å². The molecule has 0 amide bonds. The number of nitrogens with zero attached hydrogens (tertiary/aromatic N) is 1. The summed E-state index contributed by atoms with van der Waals surface area (Å²) in [6, 6.07) is 5.75. The van der Waals surface area contributed by atoms with Gasteiger partial charge in [0, 0.05) is 29.7 Å². The van der Waals surface area contributed by atoms with Gasteiger partial charge in [-0.1, -0.05) is 23.6 Å². The summed E-state index contributed by atoms with van der Waals surface area (Å²) in [7, 11) is 0. The van der Waals surface area contributed by atoms with Gasteiger partial charge in [0.05, 0.1) is 4.92 Å². The summed E-state index contributed by atoms with van der Waals surface area (Å²) < 4.78 is 0. The summed E-state index contributed by atoms with van der Waals surface area (Å²) in [6.07, 6.45) is 8.76.